The minimum Gasteiger partial charge on any atom is -0.395 e. The molecule has 0 aliphatic rings. The summed E-state index contributed by atoms with van der Waals surface area (Å²) in [5.41, 5.74) is 8.34. The van der Waals surface area contributed by atoms with Crippen molar-refractivity contribution in [3.05, 3.63) is 27.5 Å². The van der Waals surface area contributed by atoms with Gasteiger partial charge in [-0.15, -0.1) is 11.3 Å². The molecule has 0 fully saturated rings. The van der Waals surface area contributed by atoms with E-state index in [0.29, 0.717) is 12.2 Å². The first-order valence-corrected chi connectivity index (χ1v) is 7.01. The standard InChI is InChI=1S/C12H17N5OS/c1-3-8-10(13)11(17-16-8)12(18)14-5-4-9-15-7(2)6-19-9/h6H,3-5,13H2,1-2H3,(H,14,18)(H,16,17). The molecule has 7 heteroatoms. The number of nitrogens with one attached hydrogen (secondary N) is 2. The van der Waals surface area contributed by atoms with Crippen LogP contribution >= 0.6 is 11.3 Å². The zero-order valence-electron chi connectivity index (χ0n) is 11.0. The molecule has 2 rings (SSSR count). The molecular weight excluding hydrogens is 262 g/mol. The maximum Gasteiger partial charge on any atom is 0.273 e. The van der Waals surface area contributed by atoms with Crippen LogP contribution in [0.25, 0.3) is 0 Å². The number of amides is 1. The molecule has 102 valence electrons. The van der Waals surface area contributed by atoms with Gasteiger partial charge in [0, 0.05) is 24.0 Å². The van der Waals surface area contributed by atoms with Crippen molar-refractivity contribution in [2.45, 2.75) is 26.7 Å². The van der Waals surface area contributed by atoms with E-state index in [1.54, 1.807) is 11.3 Å². The Hall–Kier alpha value is -1.89. The molecule has 0 atom stereocenters. The van der Waals surface area contributed by atoms with Crippen molar-refractivity contribution >= 4 is 22.9 Å². The molecule has 0 aromatic carbocycles. The lowest BCUT2D eigenvalue weighted by molar-refractivity contribution is 0.0950. The Labute approximate surface area is 115 Å². The van der Waals surface area contributed by atoms with E-state index in [-0.39, 0.29) is 11.6 Å². The number of nitrogens with two attached hydrogens (primary N) is 1. The fourth-order valence-corrected chi connectivity index (χ4v) is 2.49. The average Bonchev–Trinajstić information content (AvgIpc) is 2.95. The van der Waals surface area contributed by atoms with Gasteiger partial charge in [-0.25, -0.2) is 4.98 Å². The molecule has 0 aliphatic heterocycles. The number of aryl methyl sites for hydroxylation is 2. The zero-order valence-corrected chi connectivity index (χ0v) is 11.8. The first-order chi connectivity index (χ1) is 9.11. The summed E-state index contributed by atoms with van der Waals surface area (Å²) in [6.45, 7) is 4.44. The van der Waals surface area contributed by atoms with Crippen molar-refractivity contribution < 1.29 is 4.79 Å². The first kappa shape index (κ1) is 13.5. The van der Waals surface area contributed by atoms with Gasteiger partial charge < -0.3 is 11.1 Å². The fraction of sp³-hybridized carbons (Fsp3) is 0.417. The Kier molecular flexibility index (Phi) is 4.16. The van der Waals surface area contributed by atoms with Gasteiger partial charge >= 0.3 is 0 Å². The molecule has 1 amide bonds. The molecule has 4 N–H and O–H groups in total. The largest absolute Gasteiger partial charge is 0.395 e. The van der Waals surface area contributed by atoms with Crippen molar-refractivity contribution in [3.63, 3.8) is 0 Å². The van der Waals surface area contributed by atoms with E-state index in [0.717, 1.165) is 29.2 Å². The van der Waals surface area contributed by atoms with Gasteiger partial charge in [0.05, 0.1) is 16.4 Å². The second kappa shape index (κ2) is 5.83. The van der Waals surface area contributed by atoms with Gasteiger partial charge in [-0.1, -0.05) is 6.92 Å². The molecule has 0 saturated carbocycles. The summed E-state index contributed by atoms with van der Waals surface area (Å²) in [4.78, 5) is 16.2. The average molecular weight is 279 g/mol. The molecular formula is C12H17N5OS. The lowest BCUT2D eigenvalue weighted by Crippen LogP contribution is -2.26. The van der Waals surface area contributed by atoms with Crippen LogP contribution in [-0.4, -0.2) is 27.6 Å². The van der Waals surface area contributed by atoms with Crippen molar-refractivity contribution in [1.82, 2.24) is 20.5 Å². The molecule has 0 radical (unpaired) electrons. The van der Waals surface area contributed by atoms with E-state index in [4.69, 9.17) is 5.73 Å². The van der Waals surface area contributed by atoms with Crippen molar-refractivity contribution in [2.24, 2.45) is 0 Å². The number of hydrogen-bond donors (Lipinski definition) is 3. The molecule has 6 nitrogen and oxygen atoms in total. The smallest absolute Gasteiger partial charge is 0.273 e. The van der Waals surface area contributed by atoms with E-state index in [9.17, 15) is 4.79 Å². The summed E-state index contributed by atoms with van der Waals surface area (Å²) in [6, 6.07) is 0. The summed E-state index contributed by atoms with van der Waals surface area (Å²) >= 11 is 1.60. The van der Waals surface area contributed by atoms with Crippen LogP contribution in [0, 0.1) is 6.92 Å². The maximum absolute atomic E-state index is 11.9. The highest BCUT2D eigenvalue weighted by Crippen LogP contribution is 2.14. The van der Waals surface area contributed by atoms with E-state index >= 15 is 0 Å². The number of nitrogen functional groups attached to an aromatic ring is 1. The molecule has 0 saturated heterocycles. The number of H-pyrrole nitrogens is 1. The summed E-state index contributed by atoms with van der Waals surface area (Å²) < 4.78 is 0. The van der Waals surface area contributed by atoms with E-state index < -0.39 is 0 Å². The first-order valence-electron chi connectivity index (χ1n) is 6.13. The second-order valence-corrected chi connectivity index (χ2v) is 5.15. The predicted octanol–water partition coefficient (Wildman–Crippen LogP) is 1.29. The highest BCUT2D eigenvalue weighted by molar-refractivity contribution is 7.09. The van der Waals surface area contributed by atoms with Crippen LogP contribution in [0.15, 0.2) is 5.38 Å². The molecule has 2 aromatic rings. The highest BCUT2D eigenvalue weighted by atomic mass is 32.1. The fourth-order valence-electron chi connectivity index (χ4n) is 1.71. The number of aromatic nitrogens is 3. The predicted molar refractivity (Wildman–Crippen MR) is 75.3 cm³/mol. The number of aromatic amines is 1. The number of nitrogens with zero attached hydrogens (tertiary/aromatic N) is 2. The number of carbonyl (C=O) groups excluding carboxylic acids is 1. The van der Waals surface area contributed by atoms with Gasteiger partial charge in [0.2, 0.25) is 0 Å². The van der Waals surface area contributed by atoms with Gasteiger partial charge in [0.1, 0.15) is 0 Å². The van der Waals surface area contributed by atoms with Gasteiger partial charge in [-0.3, -0.25) is 9.89 Å². The molecule has 19 heavy (non-hydrogen) atoms. The Balaban J connectivity index is 1.89. The lowest BCUT2D eigenvalue weighted by Gasteiger charge is -2.02. The minimum absolute atomic E-state index is 0.248. The van der Waals surface area contributed by atoms with Crippen LogP contribution in [0.1, 0.15) is 33.8 Å². The third-order valence-electron chi connectivity index (χ3n) is 2.74. The van der Waals surface area contributed by atoms with Crippen LogP contribution in [0.3, 0.4) is 0 Å². The molecule has 2 aromatic heterocycles. The SMILES string of the molecule is CCc1[nH]nc(C(=O)NCCc2nc(C)cs2)c1N. The molecule has 0 spiro atoms. The van der Waals surface area contributed by atoms with Crippen LogP contribution in [0.2, 0.25) is 0 Å². The van der Waals surface area contributed by atoms with Gasteiger partial charge in [-0.05, 0) is 13.3 Å². The quantitative estimate of drug-likeness (QED) is 0.768. The van der Waals surface area contributed by atoms with Crippen LogP contribution in [0.4, 0.5) is 5.69 Å². The van der Waals surface area contributed by atoms with Gasteiger partial charge in [0.25, 0.3) is 5.91 Å². The summed E-state index contributed by atoms with van der Waals surface area (Å²) in [5.74, 6) is -0.248. The topological polar surface area (TPSA) is 96.7 Å². The van der Waals surface area contributed by atoms with Crippen molar-refractivity contribution in [1.29, 1.82) is 0 Å². The second-order valence-electron chi connectivity index (χ2n) is 4.21. The number of thiazole rings is 1. The third-order valence-corrected chi connectivity index (χ3v) is 3.77. The molecule has 0 bridgehead atoms. The Morgan fingerprint density at radius 3 is 2.95 bits per heavy atom. The summed E-state index contributed by atoms with van der Waals surface area (Å²) in [5, 5.41) is 12.5. The molecule has 0 unspecified atom stereocenters. The van der Waals surface area contributed by atoms with E-state index in [1.165, 1.54) is 0 Å². The van der Waals surface area contributed by atoms with Crippen LogP contribution in [0.5, 0.6) is 0 Å². The maximum atomic E-state index is 11.9. The highest BCUT2D eigenvalue weighted by Gasteiger charge is 2.15. The van der Waals surface area contributed by atoms with Gasteiger partial charge in [-0.2, -0.15) is 5.10 Å². The molecule has 2 heterocycles. The monoisotopic (exact) mass is 279 g/mol. The van der Waals surface area contributed by atoms with E-state index in [2.05, 4.69) is 20.5 Å². The van der Waals surface area contributed by atoms with Crippen LogP contribution in [-0.2, 0) is 12.8 Å². The number of hydrogen-bond acceptors (Lipinski definition) is 5. The third kappa shape index (κ3) is 3.11. The van der Waals surface area contributed by atoms with Crippen molar-refractivity contribution in [2.75, 3.05) is 12.3 Å². The zero-order chi connectivity index (χ0) is 13.8. The number of carbonyl (C=O) groups is 1. The van der Waals surface area contributed by atoms with Crippen LogP contribution < -0.4 is 11.1 Å². The van der Waals surface area contributed by atoms with Gasteiger partial charge in [0.15, 0.2) is 5.69 Å². The summed E-state index contributed by atoms with van der Waals surface area (Å²) in [6.07, 6.45) is 1.44. The van der Waals surface area contributed by atoms with E-state index in [1.807, 2.05) is 19.2 Å². The molecule has 0 aliphatic carbocycles. The Morgan fingerprint density at radius 2 is 2.37 bits per heavy atom. The number of anilines is 1. The summed E-state index contributed by atoms with van der Waals surface area (Å²) in [7, 11) is 0. The Bertz CT molecular complexity index is 574. The Morgan fingerprint density at radius 1 is 1.58 bits per heavy atom. The lowest BCUT2D eigenvalue weighted by atomic mass is 10.2. The normalized spacial score (nSPS) is 10.6. The minimum atomic E-state index is -0.248. The number of rotatable bonds is 5. The van der Waals surface area contributed by atoms with Crippen molar-refractivity contribution in [3.8, 4) is 0 Å².